The second-order valence-corrected chi connectivity index (χ2v) is 7.98. The van der Waals surface area contributed by atoms with Crippen molar-refractivity contribution in [2.45, 2.75) is 31.8 Å². The molecule has 1 heterocycles. The van der Waals surface area contributed by atoms with Gasteiger partial charge in [0.2, 0.25) is 5.91 Å². The van der Waals surface area contributed by atoms with Gasteiger partial charge in [-0.15, -0.1) is 0 Å². The Morgan fingerprint density at radius 3 is 2.21 bits per heavy atom. The monoisotopic (exact) mass is 434 g/mol. The van der Waals surface area contributed by atoms with Crippen LogP contribution < -0.4 is 15.4 Å². The van der Waals surface area contributed by atoms with Crippen LogP contribution in [0.3, 0.4) is 0 Å². The van der Waals surface area contributed by atoms with E-state index in [1.165, 1.54) is 0 Å². The van der Waals surface area contributed by atoms with Crippen molar-refractivity contribution in [2.75, 3.05) is 13.1 Å². The third-order valence-corrected chi connectivity index (χ3v) is 5.45. The third kappa shape index (κ3) is 6.74. The second kappa shape index (κ2) is 10.6. The molecule has 7 heteroatoms. The van der Waals surface area contributed by atoms with Crippen LogP contribution in [0.1, 0.15) is 24.8 Å². The minimum Gasteiger partial charge on any atom is -0.481 e. The number of hydrogen-bond acceptors (Lipinski definition) is 4. The summed E-state index contributed by atoms with van der Waals surface area (Å²) in [6.45, 7) is 1.57. The molecule has 2 N–H and O–H groups in total. The summed E-state index contributed by atoms with van der Waals surface area (Å²) in [6.07, 6.45) is 1.71. The standard InChI is InChI=1S/C22H24Cl2N2O3/c23-17-4-1-15(2-5-17)3-10-20(29-19-8-6-18(24)7-9-19)22(28)26-21(27)16-11-13-25-14-12-16/h1-2,4-9,16,20,25H,3,10-14H2,(H,26,27,28). The number of rotatable bonds is 7. The molecular weight excluding hydrogens is 411 g/mol. The first kappa shape index (κ1) is 21.6. The van der Waals surface area contributed by atoms with Crippen molar-refractivity contribution in [3.05, 3.63) is 64.1 Å². The van der Waals surface area contributed by atoms with Crippen LogP contribution in [0.15, 0.2) is 48.5 Å². The van der Waals surface area contributed by atoms with E-state index in [0.29, 0.717) is 28.6 Å². The maximum Gasteiger partial charge on any atom is 0.267 e. The molecule has 154 valence electrons. The zero-order chi connectivity index (χ0) is 20.6. The number of carbonyl (C=O) groups excluding carboxylic acids is 2. The molecule has 0 spiro atoms. The molecule has 0 aliphatic carbocycles. The molecule has 2 amide bonds. The molecule has 0 saturated carbocycles. The van der Waals surface area contributed by atoms with Crippen LogP contribution in [0.5, 0.6) is 5.75 Å². The SMILES string of the molecule is O=C(NC(=O)C(CCc1ccc(Cl)cc1)Oc1ccc(Cl)cc1)C1CCNCC1. The molecule has 3 rings (SSSR count). The summed E-state index contributed by atoms with van der Waals surface area (Å²) in [6, 6.07) is 14.3. The van der Waals surface area contributed by atoms with E-state index < -0.39 is 12.0 Å². The predicted molar refractivity (Wildman–Crippen MR) is 114 cm³/mol. The topological polar surface area (TPSA) is 67.4 Å². The van der Waals surface area contributed by atoms with E-state index in [4.69, 9.17) is 27.9 Å². The van der Waals surface area contributed by atoms with Gasteiger partial charge in [0.15, 0.2) is 6.10 Å². The predicted octanol–water partition coefficient (Wildman–Crippen LogP) is 4.02. The first-order valence-corrected chi connectivity index (χ1v) is 10.5. The van der Waals surface area contributed by atoms with Crippen LogP contribution in [0.4, 0.5) is 0 Å². The summed E-state index contributed by atoms with van der Waals surface area (Å²) in [4.78, 5) is 25.3. The molecule has 0 aromatic heterocycles. The van der Waals surface area contributed by atoms with Crippen LogP contribution in [0, 0.1) is 5.92 Å². The molecule has 2 aromatic carbocycles. The minimum atomic E-state index is -0.794. The maximum atomic E-state index is 12.8. The van der Waals surface area contributed by atoms with Crippen molar-refractivity contribution in [3.63, 3.8) is 0 Å². The van der Waals surface area contributed by atoms with Crippen LogP contribution in [0.25, 0.3) is 0 Å². The Morgan fingerprint density at radius 2 is 1.59 bits per heavy atom. The second-order valence-electron chi connectivity index (χ2n) is 7.10. The number of ether oxygens (including phenoxy) is 1. The van der Waals surface area contributed by atoms with Gasteiger partial charge in [-0.3, -0.25) is 14.9 Å². The Hall–Kier alpha value is -2.08. The van der Waals surface area contributed by atoms with E-state index in [1.54, 1.807) is 24.3 Å². The molecule has 29 heavy (non-hydrogen) atoms. The van der Waals surface area contributed by atoms with E-state index in [-0.39, 0.29) is 11.8 Å². The van der Waals surface area contributed by atoms with E-state index >= 15 is 0 Å². The number of halogens is 2. The molecule has 1 saturated heterocycles. The van der Waals surface area contributed by atoms with Crippen molar-refractivity contribution in [2.24, 2.45) is 5.92 Å². The van der Waals surface area contributed by atoms with Gasteiger partial charge in [0.25, 0.3) is 5.91 Å². The smallest absolute Gasteiger partial charge is 0.267 e. The number of imide groups is 1. The number of hydrogen-bond donors (Lipinski definition) is 2. The summed E-state index contributed by atoms with van der Waals surface area (Å²) in [5.41, 5.74) is 1.04. The first-order chi connectivity index (χ1) is 14.0. The molecule has 1 unspecified atom stereocenters. The number of nitrogens with one attached hydrogen (secondary N) is 2. The highest BCUT2D eigenvalue weighted by Crippen LogP contribution is 2.20. The maximum absolute atomic E-state index is 12.8. The lowest BCUT2D eigenvalue weighted by Crippen LogP contribution is -2.46. The Bertz CT molecular complexity index is 819. The van der Waals surface area contributed by atoms with Gasteiger partial charge < -0.3 is 10.1 Å². The summed E-state index contributed by atoms with van der Waals surface area (Å²) in [5.74, 6) is -0.266. The van der Waals surface area contributed by atoms with E-state index in [1.807, 2.05) is 24.3 Å². The molecular formula is C22H24Cl2N2O3. The Morgan fingerprint density at radius 1 is 1.00 bits per heavy atom. The van der Waals surface area contributed by atoms with Crippen molar-refractivity contribution in [1.82, 2.24) is 10.6 Å². The summed E-state index contributed by atoms with van der Waals surface area (Å²) in [5, 5.41) is 7.01. The van der Waals surface area contributed by atoms with Gasteiger partial charge in [0.1, 0.15) is 5.75 Å². The lowest BCUT2D eigenvalue weighted by atomic mass is 9.97. The third-order valence-electron chi connectivity index (χ3n) is 4.95. The fourth-order valence-corrected chi connectivity index (χ4v) is 3.51. The van der Waals surface area contributed by atoms with Crippen molar-refractivity contribution in [1.29, 1.82) is 0 Å². The molecule has 0 radical (unpaired) electrons. The summed E-state index contributed by atoms with van der Waals surface area (Å²) in [7, 11) is 0. The van der Waals surface area contributed by atoms with Crippen LogP contribution >= 0.6 is 23.2 Å². The van der Waals surface area contributed by atoms with Crippen LogP contribution in [0.2, 0.25) is 10.0 Å². The number of amides is 2. The largest absolute Gasteiger partial charge is 0.481 e. The van der Waals surface area contributed by atoms with Gasteiger partial charge in [-0.05, 0) is 80.7 Å². The molecule has 1 fully saturated rings. The number of benzene rings is 2. The minimum absolute atomic E-state index is 0.146. The highest BCUT2D eigenvalue weighted by molar-refractivity contribution is 6.30. The molecule has 1 aliphatic heterocycles. The van der Waals surface area contributed by atoms with E-state index in [2.05, 4.69) is 10.6 Å². The van der Waals surface area contributed by atoms with Gasteiger partial charge in [0.05, 0.1) is 0 Å². The van der Waals surface area contributed by atoms with Crippen molar-refractivity contribution in [3.8, 4) is 5.75 Å². The summed E-state index contributed by atoms with van der Waals surface area (Å²) >= 11 is 11.9. The van der Waals surface area contributed by atoms with Crippen LogP contribution in [-0.2, 0) is 16.0 Å². The molecule has 0 bridgehead atoms. The highest BCUT2D eigenvalue weighted by Gasteiger charge is 2.27. The van der Waals surface area contributed by atoms with Crippen molar-refractivity contribution >= 4 is 35.0 Å². The fourth-order valence-electron chi connectivity index (χ4n) is 3.26. The van der Waals surface area contributed by atoms with Gasteiger partial charge in [-0.25, -0.2) is 0 Å². The van der Waals surface area contributed by atoms with Crippen molar-refractivity contribution < 1.29 is 14.3 Å². The molecule has 1 aliphatic rings. The number of piperidine rings is 1. The molecule has 1 atom stereocenters. The molecule has 2 aromatic rings. The normalized spacial score (nSPS) is 15.5. The van der Waals surface area contributed by atoms with Crippen LogP contribution in [-0.4, -0.2) is 31.0 Å². The summed E-state index contributed by atoms with van der Waals surface area (Å²) < 4.78 is 5.90. The van der Waals surface area contributed by atoms with Gasteiger partial charge in [0, 0.05) is 16.0 Å². The highest BCUT2D eigenvalue weighted by atomic mass is 35.5. The Labute approximate surface area is 180 Å². The zero-order valence-electron chi connectivity index (χ0n) is 16.0. The fraction of sp³-hybridized carbons (Fsp3) is 0.364. The van der Waals surface area contributed by atoms with Gasteiger partial charge in [-0.1, -0.05) is 35.3 Å². The lowest BCUT2D eigenvalue weighted by Gasteiger charge is -2.23. The van der Waals surface area contributed by atoms with E-state index in [9.17, 15) is 9.59 Å². The molecule has 5 nitrogen and oxygen atoms in total. The average molecular weight is 435 g/mol. The quantitative estimate of drug-likeness (QED) is 0.690. The van der Waals surface area contributed by atoms with E-state index in [0.717, 1.165) is 31.5 Å². The lowest BCUT2D eigenvalue weighted by molar-refractivity contribution is -0.137. The average Bonchev–Trinajstić information content (AvgIpc) is 2.74. The zero-order valence-corrected chi connectivity index (χ0v) is 17.5. The van der Waals surface area contributed by atoms with Gasteiger partial charge >= 0.3 is 0 Å². The first-order valence-electron chi connectivity index (χ1n) is 9.73. The Balaban J connectivity index is 1.66. The number of aryl methyl sites for hydroxylation is 1. The number of carbonyl (C=O) groups is 2. The Kier molecular flexibility index (Phi) is 7.92. The van der Waals surface area contributed by atoms with Gasteiger partial charge in [-0.2, -0.15) is 0 Å².